The summed E-state index contributed by atoms with van der Waals surface area (Å²) in [7, 11) is 2.22. The number of aromatic nitrogens is 1. The molecule has 6 nitrogen and oxygen atoms in total. The summed E-state index contributed by atoms with van der Waals surface area (Å²) in [6.45, 7) is 18.4. The van der Waals surface area contributed by atoms with Gasteiger partial charge in [0.15, 0.2) is 0 Å². The topological polar surface area (TPSA) is 35.0 Å². The normalized spacial score (nSPS) is 17.9. The zero-order valence-electron chi connectivity index (χ0n) is 23.9. The molecule has 6 heteroatoms. The maximum absolute atomic E-state index is 13.0. The van der Waals surface area contributed by atoms with Crippen LogP contribution in [0.15, 0.2) is 42.5 Å². The summed E-state index contributed by atoms with van der Waals surface area (Å²) < 4.78 is 2.52. The first-order valence-corrected chi connectivity index (χ1v) is 14.5. The fourth-order valence-corrected chi connectivity index (χ4v) is 6.07. The molecular formula is C32H45N5O. The predicted molar refractivity (Wildman–Crippen MR) is 157 cm³/mol. The van der Waals surface area contributed by atoms with Crippen LogP contribution in [0.5, 0.6) is 0 Å². The largest absolute Gasteiger partial charge is 0.345 e. The molecule has 2 saturated heterocycles. The van der Waals surface area contributed by atoms with Crippen LogP contribution in [0.3, 0.4) is 0 Å². The van der Waals surface area contributed by atoms with Gasteiger partial charge in [0.2, 0.25) is 0 Å². The molecule has 2 fully saturated rings. The van der Waals surface area contributed by atoms with E-state index in [-0.39, 0.29) is 5.91 Å². The van der Waals surface area contributed by atoms with Gasteiger partial charge < -0.3 is 24.2 Å². The monoisotopic (exact) mass is 515 g/mol. The number of hydrogen-bond donors (Lipinski definition) is 0. The Kier molecular flexibility index (Phi) is 8.51. The van der Waals surface area contributed by atoms with Crippen molar-refractivity contribution in [2.24, 2.45) is 0 Å². The van der Waals surface area contributed by atoms with Crippen LogP contribution in [-0.2, 0) is 13.0 Å². The Morgan fingerprint density at radius 2 is 1.45 bits per heavy atom. The molecule has 5 rings (SSSR count). The fraction of sp³-hybridized carbons (Fsp3) is 0.531. The number of fused-ring (bicyclic) bond motifs is 1. The Balaban J connectivity index is 1.21. The van der Waals surface area contributed by atoms with E-state index >= 15 is 0 Å². The SMILES string of the molecule is CCN1CCN(C(=O)c2ccc(Cc3ccc4c(c3)c(C)c(C)n4CCCN3CCN(C)CC3)cc2)CC1. The molecule has 0 unspecified atom stereocenters. The van der Waals surface area contributed by atoms with Crippen molar-refractivity contribution in [2.45, 2.75) is 40.2 Å². The standard InChI is InChI=1S/C32H45N5O/c1-5-34-19-21-36(22-20-34)32(38)29-10-7-27(8-11-29)23-28-9-12-31-30(24-28)25(2)26(3)37(31)14-6-13-35-17-15-33(4)16-18-35/h7-12,24H,5-6,13-23H2,1-4H3. The first-order valence-electron chi connectivity index (χ1n) is 14.5. The maximum Gasteiger partial charge on any atom is 0.253 e. The van der Waals surface area contributed by atoms with Gasteiger partial charge in [0, 0.05) is 81.1 Å². The van der Waals surface area contributed by atoms with Gasteiger partial charge in [-0.25, -0.2) is 0 Å². The van der Waals surface area contributed by atoms with Crippen molar-refractivity contribution in [3.05, 3.63) is 70.4 Å². The highest BCUT2D eigenvalue weighted by atomic mass is 16.2. The Hall–Kier alpha value is -2.67. The van der Waals surface area contributed by atoms with Gasteiger partial charge in [-0.3, -0.25) is 4.79 Å². The number of piperazine rings is 2. The highest BCUT2D eigenvalue weighted by Gasteiger charge is 2.21. The average Bonchev–Trinajstić information content (AvgIpc) is 3.18. The lowest BCUT2D eigenvalue weighted by molar-refractivity contribution is 0.0643. The quantitative estimate of drug-likeness (QED) is 0.449. The fourth-order valence-electron chi connectivity index (χ4n) is 6.07. The number of likely N-dealkylation sites (N-methyl/N-ethyl adjacent to an activating group) is 2. The molecule has 0 spiro atoms. The number of benzene rings is 2. The minimum Gasteiger partial charge on any atom is -0.345 e. The minimum atomic E-state index is 0.161. The molecule has 0 N–H and O–H groups in total. The summed E-state index contributed by atoms with van der Waals surface area (Å²) in [6, 6.07) is 15.2. The van der Waals surface area contributed by atoms with Crippen molar-refractivity contribution in [1.29, 1.82) is 0 Å². The summed E-state index contributed by atoms with van der Waals surface area (Å²) >= 11 is 0. The van der Waals surface area contributed by atoms with E-state index in [1.807, 2.05) is 17.0 Å². The van der Waals surface area contributed by atoms with Crippen molar-refractivity contribution in [1.82, 2.24) is 24.2 Å². The van der Waals surface area contributed by atoms with Gasteiger partial charge in [-0.1, -0.05) is 25.1 Å². The lowest BCUT2D eigenvalue weighted by Crippen LogP contribution is -2.48. The predicted octanol–water partition coefficient (Wildman–Crippen LogP) is 4.26. The maximum atomic E-state index is 13.0. The zero-order valence-corrected chi connectivity index (χ0v) is 23.9. The van der Waals surface area contributed by atoms with Crippen LogP contribution in [0, 0.1) is 13.8 Å². The van der Waals surface area contributed by atoms with Gasteiger partial charge in [0.05, 0.1) is 0 Å². The summed E-state index contributed by atoms with van der Waals surface area (Å²) in [5.41, 5.74) is 7.51. The molecule has 3 aromatic rings. The lowest BCUT2D eigenvalue weighted by atomic mass is 10.0. The Morgan fingerprint density at radius 1 is 0.789 bits per heavy atom. The van der Waals surface area contributed by atoms with Crippen LogP contribution < -0.4 is 0 Å². The first-order chi connectivity index (χ1) is 18.4. The minimum absolute atomic E-state index is 0.161. The van der Waals surface area contributed by atoms with Crippen LogP contribution in [0.4, 0.5) is 0 Å². The first kappa shape index (κ1) is 26.9. The second-order valence-electron chi connectivity index (χ2n) is 11.3. The van der Waals surface area contributed by atoms with Crippen molar-refractivity contribution in [2.75, 3.05) is 72.5 Å². The summed E-state index contributed by atoms with van der Waals surface area (Å²) in [5.74, 6) is 0.161. The van der Waals surface area contributed by atoms with E-state index < -0.39 is 0 Å². The van der Waals surface area contributed by atoms with Gasteiger partial charge >= 0.3 is 0 Å². The molecule has 38 heavy (non-hydrogen) atoms. The zero-order chi connectivity index (χ0) is 26.6. The van der Waals surface area contributed by atoms with Crippen LogP contribution in [0.1, 0.15) is 46.1 Å². The molecule has 3 heterocycles. The Labute approximate surface area is 228 Å². The molecule has 1 amide bonds. The number of hydrogen-bond acceptors (Lipinski definition) is 4. The molecule has 0 radical (unpaired) electrons. The molecule has 0 saturated carbocycles. The second-order valence-corrected chi connectivity index (χ2v) is 11.3. The van der Waals surface area contributed by atoms with Gasteiger partial charge in [-0.05, 0) is 87.8 Å². The summed E-state index contributed by atoms with van der Waals surface area (Å²) in [6.07, 6.45) is 2.07. The van der Waals surface area contributed by atoms with Crippen molar-refractivity contribution < 1.29 is 4.79 Å². The number of carbonyl (C=O) groups excluding carboxylic acids is 1. The van der Waals surface area contributed by atoms with Crippen LogP contribution in [0.2, 0.25) is 0 Å². The smallest absolute Gasteiger partial charge is 0.253 e. The van der Waals surface area contributed by atoms with E-state index in [1.54, 1.807) is 0 Å². The van der Waals surface area contributed by atoms with E-state index in [2.05, 4.69) is 77.4 Å². The van der Waals surface area contributed by atoms with Gasteiger partial charge in [0.25, 0.3) is 5.91 Å². The highest BCUT2D eigenvalue weighted by Crippen LogP contribution is 2.27. The molecular weight excluding hydrogens is 470 g/mol. The molecule has 2 aliphatic rings. The van der Waals surface area contributed by atoms with E-state index in [4.69, 9.17) is 0 Å². The van der Waals surface area contributed by atoms with Gasteiger partial charge in [0.1, 0.15) is 0 Å². The van der Waals surface area contributed by atoms with Crippen LogP contribution in [-0.4, -0.2) is 103 Å². The molecule has 0 bridgehead atoms. The number of carbonyl (C=O) groups is 1. The van der Waals surface area contributed by atoms with Gasteiger partial charge in [-0.15, -0.1) is 0 Å². The lowest BCUT2D eigenvalue weighted by Gasteiger charge is -2.34. The van der Waals surface area contributed by atoms with E-state index in [0.717, 1.165) is 51.3 Å². The Bertz CT molecular complexity index is 1230. The molecule has 0 atom stereocenters. The number of amides is 1. The Morgan fingerprint density at radius 3 is 2.13 bits per heavy atom. The summed E-state index contributed by atoms with van der Waals surface area (Å²) in [4.78, 5) is 22.4. The van der Waals surface area contributed by atoms with Crippen LogP contribution >= 0.6 is 0 Å². The van der Waals surface area contributed by atoms with Gasteiger partial charge in [-0.2, -0.15) is 0 Å². The second kappa shape index (κ2) is 12.0. The molecule has 204 valence electrons. The average molecular weight is 516 g/mol. The van der Waals surface area contributed by atoms with Crippen molar-refractivity contribution in [3.63, 3.8) is 0 Å². The molecule has 2 aliphatic heterocycles. The number of nitrogens with zero attached hydrogens (tertiary/aromatic N) is 5. The molecule has 1 aromatic heterocycles. The summed E-state index contributed by atoms with van der Waals surface area (Å²) in [5, 5.41) is 1.37. The van der Waals surface area contributed by atoms with E-state index in [1.165, 1.54) is 72.4 Å². The molecule has 2 aromatic carbocycles. The number of rotatable bonds is 8. The van der Waals surface area contributed by atoms with Crippen LogP contribution in [0.25, 0.3) is 10.9 Å². The third-order valence-corrected chi connectivity index (χ3v) is 8.87. The highest BCUT2D eigenvalue weighted by molar-refractivity contribution is 5.94. The van der Waals surface area contributed by atoms with E-state index in [0.29, 0.717) is 0 Å². The third kappa shape index (κ3) is 5.98. The number of aryl methyl sites for hydroxylation is 2. The third-order valence-electron chi connectivity index (χ3n) is 8.87. The van der Waals surface area contributed by atoms with Crippen molar-refractivity contribution in [3.8, 4) is 0 Å². The van der Waals surface area contributed by atoms with E-state index in [9.17, 15) is 4.79 Å². The molecule has 0 aliphatic carbocycles. The van der Waals surface area contributed by atoms with Crippen molar-refractivity contribution >= 4 is 16.8 Å².